The molecule has 1 heterocycles. The molecule has 1 aromatic heterocycles. The molecule has 2 N–H and O–H groups in total. The summed E-state index contributed by atoms with van der Waals surface area (Å²) in [6.45, 7) is 2.53. The molecule has 0 bridgehead atoms. The first kappa shape index (κ1) is 16.3. The van der Waals surface area contributed by atoms with Gasteiger partial charge in [-0.3, -0.25) is 10.1 Å². The van der Waals surface area contributed by atoms with Crippen LogP contribution in [0.2, 0.25) is 10.0 Å². The summed E-state index contributed by atoms with van der Waals surface area (Å²) in [5.41, 5.74) is 0.319. The van der Waals surface area contributed by atoms with Gasteiger partial charge in [0.1, 0.15) is 6.33 Å². The Morgan fingerprint density at radius 3 is 2.59 bits per heavy atom. The van der Waals surface area contributed by atoms with Crippen molar-refractivity contribution in [3.63, 3.8) is 0 Å². The third-order valence-electron chi connectivity index (χ3n) is 2.73. The lowest BCUT2D eigenvalue weighted by Crippen LogP contribution is -2.08. The molecule has 0 fully saturated rings. The van der Waals surface area contributed by atoms with Crippen LogP contribution in [0.1, 0.15) is 13.3 Å². The van der Waals surface area contributed by atoms with E-state index >= 15 is 0 Å². The normalized spacial score (nSPS) is 10.3. The van der Waals surface area contributed by atoms with Gasteiger partial charge in [0.25, 0.3) is 0 Å². The summed E-state index contributed by atoms with van der Waals surface area (Å²) in [4.78, 5) is 18.6. The number of anilines is 3. The van der Waals surface area contributed by atoms with Crippen LogP contribution in [0, 0.1) is 10.1 Å². The Morgan fingerprint density at radius 2 is 1.95 bits per heavy atom. The van der Waals surface area contributed by atoms with Crippen molar-refractivity contribution in [2.45, 2.75) is 13.3 Å². The zero-order valence-corrected chi connectivity index (χ0v) is 13.1. The van der Waals surface area contributed by atoms with E-state index in [2.05, 4.69) is 20.6 Å². The molecule has 0 saturated heterocycles. The molecule has 2 aromatic rings. The molecule has 0 amide bonds. The zero-order chi connectivity index (χ0) is 16.1. The molecular formula is C13H13Cl2N5O2. The van der Waals surface area contributed by atoms with Crippen molar-refractivity contribution in [1.82, 2.24) is 9.97 Å². The predicted molar refractivity (Wildman–Crippen MR) is 87.2 cm³/mol. The number of nitrogens with zero attached hydrogens (tertiary/aromatic N) is 3. The van der Waals surface area contributed by atoms with Crippen LogP contribution in [0.3, 0.4) is 0 Å². The van der Waals surface area contributed by atoms with E-state index in [-0.39, 0.29) is 17.3 Å². The number of nitrogens with one attached hydrogen (secondary N) is 2. The van der Waals surface area contributed by atoms with Crippen LogP contribution >= 0.6 is 23.2 Å². The van der Waals surface area contributed by atoms with Gasteiger partial charge in [-0.05, 0) is 24.6 Å². The molecule has 0 aliphatic carbocycles. The molecule has 116 valence electrons. The third kappa shape index (κ3) is 3.75. The predicted octanol–water partition coefficient (Wildman–Crippen LogP) is 4.26. The maximum Gasteiger partial charge on any atom is 0.353 e. The Morgan fingerprint density at radius 1 is 1.23 bits per heavy atom. The molecule has 0 spiro atoms. The highest BCUT2D eigenvalue weighted by Crippen LogP contribution is 2.32. The second-order valence-corrected chi connectivity index (χ2v) is 5.17. The maximum atomic E-state index is 11.3. The summed E-state index contributed by atoms with van der Waals surface area (Å²) in [7, 11) is 0. The summed E-state index contributed by atoms with van der Waals surface area (Å²) in [5.74, 6) is 0.251. The lowest BCUT2D eigenvalue weighted by molar-refractivity contribution is -0.383. The minimum atomic E-state index is -0.530. The largest absolute Gasteiger partial charge is 0.364 e. The average Bonchev–Trinajstić information content (AvgIpc) is 2.48. The SMILES string of the molecule is CCCNc1ncnc(Nc2ccc(Cl)c(Cl)c2)c1[N+](=O)[O-]. The van der Waals surface area contributed by atoms with Gasteiger partial charge >= 0.3 is 5.69 Å². The van der Waals surface area contributed by atoms with E-state index < -0.39 is 4.92 Å². The van der Waals surface area contributed by atoms with Crippen LogP contribution < -0.4 is 10.6 Å². The fraction of sp³-hybridized carbons (Fsp3) is 0.231. The van der Waals surface area contributed by atoms with E-state index in [1.54, 1.807) is 18.2 Å². The topological polar surface area (TPSA) is 93.0 Å². The second-order valence-electron chi connectivity index (χ2n) is 4.36. The first-order valence-electron chi connectivity index (χ1n) is 6.48. The van der Waals surface area contributed by atoms with Crippen LogP contribution in [0.5, 0.6) is 0 Å². The quantitative estimate of drug-likeness (QED) is 0.602. The lowest BCUT2D eigenvalue weighted by atomic mass is 10.3. The summed E-state index contributed by atoms with van der Waals surface area (Å²) in [5, 5.41) is 17.8. The molecule has 1 aromatic carbocycles. The van der Waals surface area contributed by atoms with Crippen molar-refractivity contribution >= 4 is 46.2 Å². The molecule has 0 atom stereocenters. The second kappa shape index (κ2) is 7.24. The molecule has 7 nitrogen and oxygen atoms in total. The van der Waals surface area contributed by atoms with Crippen LogP contribution in [0.25, 0.3) is 0 Å². The Kier molecular flexibility index (Phi) is 5.35. The van der Waals surface area contributed by atoms with Gasteiger partial charge in [-0.25, -0.2) is 9.97 Å². The number of hydrogen-bond donors (Lipinski definition) is 2. The van der Waals surface area contributed by atoms with Crippen LogP contribution in [0.4, 0.5) is 23.0 Å². The van der Waals surface area contributed by atoms with Gasteiger partial charge in [0, 0.05) is 12.2 Å². The van der Waals surface area contributed by atoms with Crippen LogP contribution in [0.15, 0.2) is 24.5 Å². The summed E-state index contributed by atoms with van der Waals surface area (Å²) >= 11 is 11.8. The van der Waals surface area contributed by atoms with Crippen molar-refractivity contribution in [2.24, 2.45) is 0 Å². The van der Waals surface area contributed by atoms with Gasteiger partial charge in [0.05, 0.1) is 15.0 Å². The van der Waals surface area contributed by atoms with Crippen molar-refractivity contribution in [1.29, 1.82) is 0 Å². The van der Waals surface area contributed by atoms with E-state index in [1.807, 2.05) is 6.92 Å². The molecule has 0 saturated carbocycles. The molecule has 0 aliphatic rings. The number of aromatic nitrogens is 2. The third-order valence-corrected chi connectivity index (χ3v) is 3.47. The fourth-order valence-corrected chi connectivity index (χ4v) is 2.02. The standard InChI is InChI=1S/C13H13Cl2N5O2/c1-2-5-16-12-11(20(21)22)13(18-7-17-12)19-8-3-4-9(14)10(15)6-8/h3-4,6-7H,2,5H2,1H3,(H2,16,17,18,19). The number of nitro groups is 1. The number of benzene rings is 1. The molecular weight excluding hydrogens is 329 g/mol. The van der Waals surface area contributed by atoms with Gasteiger partial charge in [-0.2, -0.15) is 0 Å². The van der Waals surface area contributed by atoms with Gasteiger partial charge in [0.15, 0.2) is 0 Å². The summed E-state index contributed by atoms with van der Waals surface area (Å²) in [6, 6.07) is 4.81. The lowest BCUT2D eigenvalue weighted by Gasteiger charge is -2.10. The monoisotopic (exact) mass is 341 g/mol. The van der Waals surface area contributed by atoms with Gasteiger partial charge in [-0.15, -0.1) is 0 Å². The number of hydrogen-bond acceptors (Lipinski definition) is 6. The van der Waals surface area contributed by atoms with Gasteiger partial charge in [0.2, 0.25) is 11.6 Å². The fourth-order valence-electron chi connectivity index (χ4n) is 1.73. The molecule has 22 heavy (non-hydrogen) atoms. The number of halogens is 2. The minimum Gasteiger partial charge on any atom is -0.364 e. The van der Waals surface area contributed by atoms with Crippen LogP contribution in [-0.2, 0) is 0 Å². The van der Waals surface area contributed by atoms with E-state index in [0.717, 1.165) is 6.42 Å². The highest BCUT2D eigenvalue weighted by molar-refractivity contribution is 6.42. The van der Waals surface area contributed by atoms with Crippen molar-refractivity contribution < 1.29 is 4.92 Å². The Hall–Kier alpha value is -2.12. The molecule has 2 rings (SSSR count). The smallest absolute Gasteiger partial charge is 0.353 e. The van der Waals surface area contributed by atoms with E-state index in [0.29, 0.717) is 22.3 Å². The molecule has 0 unspecified atom stereocenters. The summed E-state index contributed by atoms with van der Waals surface area (Å²) in [6.07, 6.45) is 2.07. The Balaban J connectivity index is 2.37. The zero-order valence-electron chi connectivity index (χ0n) is 11.6. The Labute approximate surface area is 136 Å². The van der Waals surface area contributed by atoms with E-state index in [9.17, 15) is 10.1 Å². The highest BCUT2D eigenvalue weighted by atomic mass is 35.5. The molecule has 0 aliphatic heterocycles. The summed E-state index contributed by atoms with van der Waals surface area (Å²) < 4.78 is 0. The average molecular weight is 342 g/mol. The van der Waals surface area contributed by atoms with Crippen molar-refractivity contribution in [3.05, 3.63) is 44.7 Å². The van der Waals surface area contributed by atoms with Crippen molar-refractivity contribution in [2.75, 3.05) is 17.2 Å². The van der Waals surface area contributed by atoms with Crippen LogP contribution in [-0.4, -0.2) is 21.4 Å². The van der Waals surface area contributed by atoms with Crippen molar-refractivity contribution in [3.8, 4) is 0 Å². The molecule has 9 heteroatoms. The van der Waals surface area contributed by atoms with E-state index in [4.69, 9.17) is 23.2 Å². The first-order chi connectivity index (χ1) is 10.5. The van der Waals surface area contributed by atoms with E-state index in [1.165, 1.54) is 6.33 Å². The Bertz CT molecular complexity index is 696. The minimum absolute atomic E-state index is 0.0805. The molecule has 0 radical (unpaired) electrons. The first-order valence-corrected chi connectivity index (χ1v) is 7.23. The van der Waals surface area contributed by atoms with Gasteiger partial charge < -0.3 is 10.6 Å². The highest BCUT2D eigenvalue weighted by Gasteiger charge is 2.22. The maximum absolute atomic E-state index is 11.3. The van der Waals surface area contributed by atoms with Gasteiger partial charge in [-0.1, -0.05) is 30.1 Å². The number of rotatable bonds is 6.